The second-order valence-corrected chi connectivity index (χ2v) is 4.00. The van der Waals surface area contributed by atoms with Crippen molar-refractivity contribution in [3.63, 3.8) is 0 Å². The summed E-state index contributed by atoms with van der Waals surface area (Å²) in [5.74, 6) is 0.198. The van der Waals surface area contributed by atoms with E-state index in [2.05, 4.69) is 24.3 Å². The van der Waals surface area contributed by atoms with E-state index in [1.165, 1.54) is 11.1 Å². The van der Waals surface area contributed by atoms with Gasteiger partial charge in [0, 0.05) is 12.3 Å². The first kappa shape index (κ1) is 10.9. The highest BCUT2D eigenvalue weighted by molar-refractivity contribution is 5.69. The monoisotopic (exact) mass is 216 g/mol. The van der Waals surface area contributed by atoms with E-state index in [1.807, 2.05) is 19.1 Å². The minimum Gasteiger partial charge on any atom is -0.465 e. The predicted octanol–water partition coefficient (Wildman–Crippen LogP) is 3.14. The molecule has 0 N–H and O–H groups in total. The molecule has 0 saturated heterocycles. The van der Waals surface area contributed by atoms with Gasteiger partial charge in [-0.1, -0.05) is 43.3 Å². The Labute approximate surface area is 95.9 Å². The van der Waals surface area contributed by atoms with Gasteiger partial charge in [0.25, 0.3) is 0 Å². The fourth-order valence-electron chi connectivity index (χ4n) is 1.97. The molecule has 1 aliphatic carbocycles. The maximum atomic E-state index is 11.1. The van der Waals surface area contributed by atoms with Crippen molar-refractivity contribution in [2.24, 2.45) is 0 Å². The van der Waals surface area contributed by atoms with Crippen LogP contribution in [0.3, 0.4) is 0 Å². The highest BCUT2D eigenvalue weighted by Crippen LogP contribution is 2.29. The molecule has 0 fully saturated rings. The lowest BCUT2D eigenvalue weighted by Crippen LogP contribution is -2.14. The Morgan fingerprint density at radius 2 is 2.25 bits per heavy atom. The number of fused-ring (bicyclic) bond motifs is 1. The molecule has 16 heavy (non-hydrogen) atoms. The van der Waals surface area contributed by atoms with Crippen molar-refractivity contribution in [2.75, 3.05) is 6.61 Å². The summed E-state index contributed by atoms with van der Waals surface area (Å²) in [6, 6.07) is 8.28. The number of hydrogen-bond donors (Lipinski definition) is 0. The zero-order valence-electron chi connectivity index (χ0n) is 9.48. The average Bonchev–Trinajstić information content (AvgIpc) is 2.35. The summed E-state index contributed by atoms with van der Waals surface area (Å²) < 4.78 is 5.21. The van der Waals surface area contributed by atoms with Crippen LogP contribution in [0.1, 0.15) is 36.8 Å². The lowest BCUT2D eigenvalue weighted by atomic mass is 9.88. The summed E-state index contributed by atoms with van der Waals surface area (Å²) in [6.07, 6.45) is 5.68. The molecule has 84 valence electrons. The van der Waals surface area contributed by atoms with Gasteiger partial charge in [-0.05, 0) is 17.5 Å². The zero-order chi connectivity index (χ0) is 11.4. The minimum atomic E-state index is -0.118. The summed E-state index contributed by atoms with van der Waals surface area (Å²) in [5, 5.41) is 0. The first-order valence-corrected chi connectivity index (χ1v) is 5.72. The molecule has 0 amide bonds. The molecule has 0 aliphatic heterocycles. The maximum Gasteiger partial charge on any atom is 0.305 e. The number of allylic oxidation sites excluding steroid dienone is 1. The van der Waals surface area contributed by atoms with Gasteiger partial charge in [-0.25, -0.2) is 0 Å². The number of rotatable bonds is 3. The Kier molecular flexibility index (Phi) is 3.40. The largest absolute Gasteiger partial charge is 0.465 e. The van der Waals surface area contributed by atoms with Crippen molar-refractivity contribution in [3.05, 3.63) is 41.5 Å². The third-order valence-corrected chi connectivity index (χ3v) is 2.89. The van der Waals surface area contributed by atoms with E-state index in [0.717, 1.165) is 6.42 Å². The molecular weight excluding hydrogens is 200 g/mol. The van der Waals surface area contributed by atoms with E-state index in [1.54, 1.807) is 0 Å². The number of benzene rings is 1. The molecular formula is C14H16O2. The average molecular weight is 216 g/mol. The Bertz CT molecular complexity index is 407. The molecule has 1 aromatic carbocycles. The van der Waals surface area contributed by atoms with E-state index in [0.29, 0.717) is 18.9 Å². The van der Waals surface area contributed by atoms with Gasteiger partial charge < -0.3 is 4.74 Å². The summed E-state index contributed by atoms with van der Waals surface area (Å²) in [5.41, 5.74) is 2.53. The molecule has 1 aliphatic rings. The number of hydrogen-bond acceptors (Lipinski definition) is 2. The molecule has 0 aromatic heterocycles. The fourth-order valence-corrected chi connectivity index (χ4v) is 1.97. The Morgan fingerprint density at radius 3 is 3.06 bits per heavy atom. The summed E-state index contributed by atoms with van der Waals surface area (Å²) in [7, 11) is 0. The van der Waals surface area contributed by atoms with Gasteiger partial charge in [0.15, 0.2) is 0 Å². The third-order valence-electron chi connectivity index (χ3n) is 2.89. The lowest BCUT2D eigenvalue weighted by Gasteiger charge is -2.21. The van der Waals surface area contributed by atoms with Gasteiger partial charge in [-0.2, -0.15) is 0 Å². The smallest absolute Gasteiger partial charge is 0.305 e. The third kappa shape index (κ3) is 2.32. The normalized spacial score (nSPS) is 17.9. The van der Waals surface area contributed by atoms with Crippen LogP contribution in [0, 0.1) is 0 Å². The van der Waals surface area contributed by atoms with E-state index >= 15 is 0 Å². The summed E-state index contributed by atoms with van der Waals surface area (Å²) >= 11 is 0. The van der Waals surface area contributed by atoms with Crippen LogP contribution in [-0.2, 0) is 9.53 Å². The highest BCUT2D eigenvalue weighted by Gasteiger charge is 2.17. The molecule has 0 spiro atoms. The quantitative estimate of drug-likeness (QED) is 0.725. The van der Waals surface area contributed by atoms with Crippen molar-refractivity contribution in [3.8, 4) is 0 Å². The Balaban J connectivity index is 2.07. The molecule has 2 rings (SSSR count). The van der Waals surface area contributed by atoms with Crippen LogP contribution in [-0.4, -0.2) is 12.6 Å². The van der Waals surface area contributed by atoms with Crippen molar-refractivity contribution in [1.82, 2.24) is 0 Å². The molecule has 2 nitrogen and oxygen atoms in total. The molecule has 0 heterocycles. The fraction of sp³-hybridized carbons (Fsp3) is 0.357. The van der Waals surface area contributed by atoms with Crippen LogP contribution in [0.15, 0.2) is 30.3 Å². The molecule has 0 bridgehead atoms. The molecule has 0 radical (unpaired) electrons. The van der Waals surface area contributed by atoms with Crippen molar-refractivity contribution in [2.45, 2.75) is 25.7 Å². The van der Waals surface area contributed by atoms with E-state index < -0.39 is 0 Å². The van der Waals surface area contributed by atoms with Gasteiger partial charge in [-0.3, -0.25) is 4.79 Å². The summed E-state index contributed by atoms with van der Waals surface area (Å²) in [6.45, 7) is 2.31. The Morgan fingerprint density at radius 1 is 1.44 bits per heavy atom. The zero-order valence-corrected chi connectivity index (χ0v) is 9.48. The van der Waals surface area contributed by atoms with Crippen LogP contribution >= 0.6 is 0 Å². The molecule has 1 aromatic rings. The van der Waals surface area contributed by atoms with Crippen LogP contribution in [0.5, 0.6) is 0 Å². The highest BCUT2D eigenvalue weighted by atomic mass is 16.5. The van der Waals surface area contributed by atoms with Gasteiger partial charge in [0.2, 0.25) is 0 Å². The van der Waals surface area contributed by atoms with Crippen LogP contribution in [0.4, 0.5) is 0 Å². The first-order valence-electron chi connectivity index (χ1n) is 5.72. The number of carbonyl (C=O) groups excluding carboxylic acids is 1. The number of ether oxygens (including phenoxy) is 1. The van der Waals surface area contributed by atoms with Gasteiger partial charge in [0.1, 0.15) is 0 Å². The van der Waals surface area contributed by atoms with Crippen molar-refractivity contribution < 1.29 is 9.53 Å². The molecule has 2 heteroatoms. The summed E-state index contributed by atoms with van der Waals surface area (Å²) in [4.78, 5) is 11.1. The molecule has 1 atom stereocenters. The van der Waals surface area contributed by atoms with Crippen molar-refractivity contribution in [1.29, 1.82) is 0 Å². The number of carbonyl (C=O) groups is 1. The number of esters is 1. The van der Waals surface area contributed by atoms with Crippen molar-refractivity contribution >= 4 is 12.0 Å². The van der Waals surface area contributed by atoms with Gasteiger partial charge >= 0.3 is 5.97 Å². The molecule has 1 unspecified atom stereocenters. The topological polar surface area (TPSA) is 26.3 Å². The SMILES string of the molecule is CCC(=O)OCC1CC=Cc2ccccc21. The van der Waals surface area contributed by atoms with Crippen LogP contribution in [0.2, 0.25) is 0 Å². The maximum absolute atomic E-state index is 11.1. The lowest BCUT2D eigenvalue weighted by molar-refractivity contribution is -0.143. The molecule has 0 saturated carbocycles. The van der Waals surface area contributed by atoms with E-state index in [-0.39, 0.29) is 5.97 Å². The minimum absolute atomic E-state index is 0.118. The van der Waals surface area contributed by atoms with E-state index in [4.69, 9.17) is 4.74 Å². The van der Waals surface area contributed by atoms with E-state index in [9.17, 15) is 4.79 Å². The van der Waals surface area contributed by atoms with Crippen LogP contribution in [0.25, 0.3) is 6.08 Å². The second kappa shape index (κ2) is 4.97. The van der Waals surface area contributed by atoms with Gasteiger partial charge in [0.05, 0.1) is 6.61 Å². The standard InChI is InChI=1S/C14H16O2/c1-2-14(15)16-10-12-8-5-7-11-6-3-4-9-13(11)12/h3-7,9,12H,2,8,10H2,1H3. The first-order chi connectivity index (χ1) is 7.81. The Hall–Kier alpha value is -1.57. The predicted molar refractivity (Wildman–Crippen MR) is 64.1 cm³/mol. The van der Waals surface area contributed by atoms with Gasteiger partial charge in [-0.15, -0.1) is 0 Å². The van der Waals surface area contributed by atoms with Crippen LogP contribution < -0.4 is 0 Å². The second-order valence-electron chi connectivity index (χ2n) is 4.00.